The molecule has 0 saturated carbocycles. The van der Waals surface area contributed by atoms with E-state index in [-0.39, 0.29) is 0 Å². The van der Waals surface area contributed by atoms with Gasteiger partial charge in [0.2, 0.25) is 10.6 Å². The van der Waals surface area contributed by atoms with E-state index in [4.69, 9.17) is 21.7 Å². The van der Waals surface area contributed by atoms with E-state index in [1.165, 1.54) is 4.68 Å². The third-order valence-electron chi connectivity index (χ3n) is 4.29. The van der Waals surface area contributed by atoms with E-state index < -0.39 is 0 Å². The lowest BCUT2D eigenvalue weighted by atomic mass is 10.2. The zero-order valence-electron chi connectivity index (χ0n) is 16.2. The van der Waals surface area contributed by atoms with Gasteiger partial charge in [0.1, 0.15) is 12.3 Å². The first kappa shape index (κ1) is 19.5. The lowest BCUT2D eigenvalue weighted by molar-refractivity contribution is 0.284. The molecule has 0 spiro atoms. The van der Waals surface area contributed by atoms with Crippen molar-refractivity contribution in [2.45, 2.75) is 6.61 Å². The molecule has 0 atom stereocenters. The molecule has 30 heavy (non-hydrogen) atoms. The number of aromatic nitrogens is 4. The summed E-state index contributed by atoms with van der Waals surface area (Å²) in [7, 11) is 1.61. The Hall–Kier alpha value is -3.78. The molecule has 8 heteroatoms. The number of benzene rings is 2. The summed E-state index contributed by atoms with van der Waals surface area (Å²) in [6, 6.07) is 21.1. The fraction of sp³-hybridized carbons (Fsp3) is 0.0909. The maximum absolute atomic E-state index is 5.97. The first-order valence-corrected chi connectivity index (χ1v) is 9.63. The number of ether oxygens (including phenoxy) is 2. The highest BCUT2D eigenvalue weighted by atomic mass is 32.1. The SMILES string of the molecule is COc1ccc(/C=N/n2c(-c3ccccn3)n[nH]c2=S)cc1OCc1ccccc1. The van der Waals surface area contributed by atoms with Gasteiger partial charge in [-0.1, -0.05) is 36.4 Å². The molecular weight excluding hydrogens is 398 g/mol. The molecule has 2 aromatic heterocycles. The Bertz CT molecular complexity index is 1200. The summed E-state index contributed by atoms with van der Waals surface area (Å²) in [5.41, 5.74) is 2.57. The van der Waals surface area contributed by atoms with Gasteiger partial charge in [-0.3, -0.25) is 4.98 Å². The van der Waals surface area contributed by atoms with Crippen LogP contribution in [0.4, 0.5) is 0 Å². The topological polar surface area (TPSA) is 77.3 Å². The molecule has 0 aliphatic heterocycles. The molecule has 1 N–H and O–H groups in total. The molecule has 0 fully saturated rings. The van der Waals surface area contributed by atoms with E-state index >= 15 is 0 Å². The highest BCUT2D eigenvalue weighted by Gasteiger charge is 2.09. The highest BCUT2D eigenvalue weighted by molar-refractivity contribution is 7.71. The van der Waals surface area contributed by atoms with Gasteiger partial charge in [-0.15, -0.1) is 0 Å². The molecule has 0 saturated heterocycles. The van der Waals surface area contributed by atoms with Gasteiger partial charge in [0.25, 0.3) is 0 Å². The number of hydrogen-bond acceptors (Lipinski definition) is 6. The summed E-state index contributed by atoms with van der Waals surface area (Å²) >= 11 is 5.31. The summed E-state index contributed by atoms with van der Waals surface area (Å²) in [4.78, 5) is 4.31. The minimum atomic E-state index is 0.376. The number of pyridine rings is 1. The zero-order chi connectivity index (χ0) is 20.8. The van der Waals surface area contributed by atoms with Crippen molar-refractivity contribution in [2.24, 2.45) is 5.10 Å². The molecule has 0 aliphatic carbocycles. The van der Waals surface area contributed by atoms with Crippen molar-refractivity contribution in [2.75, 3.05) is 7.11 Å². The summed E-state index contributed by atoms with van der Waals surface area (Å²) < 4.78 is 13.3. The molecular formula is C22H19N5O2S. The Kier molecular flexibility index (Phi) is 5.95. The molecule has 150 valence electrons. The van der Waals surface area contributed by atoms with Gasteiger partial charge < -0.3 is 9.47 Å². The van der Waals surface area contributed by atoms with Gasteiger partial charge in [0, 0.05) is 6.20 Å². The van der Waals surface area contributed by atoms with Crippen LogP contribution in [0.3, 0.4) is 0 Å². The second-order valence-corrected chi connectivity index (χ2v) is 6.69. The average molecular weight is 417 g/mol. The van der Waals surface area contributed by atoms with E-state index in [0.717, 1.165) is 11.1 Å². The summed E-state index contributed by atoms with van der Waals surface area (Å²) in [5.74, 6) is 1.81. The number of aromatic amines is 1. The van der Waals surface area contributed by atoms with Gasteiger partial charge in [-0.05, 0) is 53.7 Å². The molecule has 4 rings (SSSR count). The smallest absolute Gasteiger partial charge is 0.216 e. The standard InChI is InChI=1S/C22H19N5O2S/c1-28-19-11-10-17(13-20(19)29-15-16-7-3-2-4-8-16)14-24-27-21(25-26-22(27)30)18-9-5-6-12-23-18/h2-14H,15H2,1H3,(H,26,30)/b24-14+. The summed E-state index contributed by atoms with van der Waals surface area (Å²) in [6.07, 6.45) is 3.38. The summed E-state index contributed by atoms with van der Waals surface area (Å²) in [5, 5.41) is 11.5. The van der Waals surface area contributed by atoms with E-state index in [0.29, 0.717) is 34.4 Å². The molecule has 0 bridgehead atoms. The maximum Gasteiger partial charge on any atom is 0.216 e. The number of methoxy groups -OCH3 is 1. The van der Waals surface area contributed by atoms with Crippen LogP contribution < -0.4 is 9.47 Å². The van der Waals surface area contributed by atoms with Crippen molar-refractivity contribution >= 4 is 18.4 Å². The Labute approximate surface area is 178 Å². The van der Waals surface area contributed by atoms with Crippen LogP contribution in [0.5, 0.6) is 11.5 Å². The van der Waals surface area contributed by atoms with Crippen LogP contribution in [0.15, 0.2) is 78.0 Å². The minimum absolute atomic E-state index is 0.376. The summed E-state index contributed by atoms with van der Waals surface area (Å²) in [6.45, 7) is 0.439. The molecule has 4 aromatic rings. The van der Waals surface area contributed by atoms with Crippen molar-refractivity contribution in [1.29, 1.82) is 0 Å². The fourth-order valence-corrected chi connectivity index (χ4v) is 2.98. The van der Waals surface area contributed by atoms with E-state index in [1.54, 1.807) is 19.5 Å². The van der Waals surface area contributed by atoms with E-state index in [2.05, 4.69) is 20.3 Å². The lowest BCUT2D eigenvalue weighted by Gasteiger charge is -2.11. The molecule has 7 nitrogen and oxygen atoms in total. The second-order valence-electron chi connectivity index (χ2n) is 6.31. The van der Waals surface area contributed by atoms with Crippen LogP contribution in [0.1, 0.15) is 11.1 Å². The van der Waals surface area contributed by atoms with Gasteiger partial charge in [-0.2, -0.15) is 14.9 Å². The Balaban J connectivity index is 1.59. The monoisotopic (exact) mass is 417 g/mol. The molecule has 0 radical (unpaired) electrons. The van der Waals surface area contributed by atoms with Crippen LogP contribution in [0.25, 0.3) is 11.5 Å². The first-order chi connectivity index (χ1) is 14.7. The van der Waals surface area contributed by atoms with Crippen molar-refractivity contribution in [3.8, 4) is 23.0 Å². The Morgan fingerprint density at radius 1 is 1.07 bits per heavy atom. The molecule has 0 unspecified atom stereocenters. The zero-order valence-corrected chi connectivity index (χ0v) is 17.0. The predicted molar refractivity (Wildman–Crippen MR) is 117 cm³/mol. The lowest BCUT2D eigenvalue weighted by Crippen LogP contribution is -1.99. The minimum Gasteiger partial charge on any atom is -0.493 e. The van der Waals surface area contributed by atoms with Gasteiger partial charge in [-0.25, -0.2) is 5.10 Å². The first-order valence-electron chi connectivity index (χ1n) is 9.22. The van der Waals surface area contributed by atoms with Gasteiger partial charge >= 0.3 is 0 Å². The fourth-order valence-electron chi connectivity index (χ4n) is 2.81. The molecule has 2 heterocycles. The Morgan fingerprint density at radius 3 is 2.67 bits per heavy atom. The van der Waals surface area contributed by atoms with Crippen molar-refractivity contribution in [3.63, 3.8) is 0 Å². The average Bonchev–Trinajstić information content (AvgIpc) is 3.18. The third-order valence-corrected chi connectivity index (χ3v) is 4.56. The number of H-pyrrole nitrogens is 1. The second kappa shape index (κ2) is 9.15. The predicted octanol–water partition coefficient (Wildman–Crippen LogP) is 4.47. The number of rotatable bonds is 7. The molecule has 0 aliphatic rings. The van der Waals surface area contributed by atoms with Crippen molar-refractivity contribution < 1.29 is 9.47 Å². The maximum atomic E-state index is 5.97. The van der Waals surface area contributed by atoms with Gasteiger partial charge in [0.15, 0.2) is 11.5 Å². The Morgan fingerprint density at radius 2 is 1.90 bits per heavy atom. The van der Waals surface area contributed by atoms with Gasteiger partial charge in [0.05, 0.1) is 13.3 Å². The largest absolute Gasteiger partial charge is 0.493 e. The molecule has 0 amide bonds. The van der Waals surface area contributed by atoms with Crippen LogP contribution in [0, 0.1) is 4.77 Å². The number of hydrogen-bond donors (Lipinski definition) is 1. The van der Waals surface area contributed by atoms with Crippen LogP contribution in [-0.4, -0.2) is 33.2 Å². The number of nitrogens with one attached hydrogen (secondary N) is 1. The van der Waals surface area contributed by atoms with Crippen LogP contribution in [-0.2, 0) is 6.61 Å². The molecule has 2 aromatic carbocycles. The van der Waals surface area contributed by atoms with E-state index in [1.807, 2.05) is 66.7 Å². The third kappa shape index (κ3) is 4.44. The van der Waals surface area contributed by atoms with Crippen LogP contribution >= 0.6 is 12.2 Å². The number of nitrogens with zero attached hydrogens (tertiary/aromatic N) is 4. The quantitative estimate of drug-likeness (QED) is 0.355. The highest BCUT2D eigenvalue weighted by Crippen LogP contribution is 2.28. The van der Waals surface area contributed by atoms with Crippen LogP contribution in [0.2, 0.25) is 0 Å². The van der Waals surface area contributed by atoms with E-state index in [9.17, 15) is 0 Å². The van der Waals surface area contributed by atoms with Crippen molar-refractivity contribution in [3.05, 3.63) is 88.8 Å². The normalized spacial score (nSPS) is 11.0. The van der Waals surface area contributed by atoms with Crippen molar-refractivity contribution in [1.82, 2.24) is 19.9 Å².